The number of rotatable bonds is 19. The van der Waals surface area contributed by atoms with Crippen LogP contribution in [0.25, 0.3) is 0 Å². The van der Waals surface area contributed by atoms with Gasteiger partial charge in [-0.2, -0.15) is 0 Å². The number of carbonyl (C=O) groups is 1. The van der Waals surface area contributed by atoms with Crippen LogP contribution in [0, 0.1) is 40.9 Å². The molecule has 4 fully saturated rings. The van der Waals surface area contributed by atoms with Crippen molar-refractivity contribution < 1.29 is 39.8 Å². The molecule has 4 saturated carbocycles. The van der Waals surface area contributed by atoms with E-state index in [-0.39, 0.29) is 54.4 Å². The van der Waals surface area contributed by atoms with Gasteiger partial charge in [-0.25, -0.2) is 0 Å². The van der Waals surface area contributed by atoms with Gasteiger partial charge in [0.1, 0.15) is 12.4 Å². The molecule has 1 aromatic rings. The van der Waals surface area contributed by atoms with E-state index in [9.17, 15) is 30.3 Å². The Hall–Kier alpha value is -3.03. The van der Waals surface area contributed by atoms with Crippen LogP contribution >= 0.6 is 0 Å². The number of aliphatic hydroxyl groups is 5. The van der Waals surface area contributed by atoms with E-state index in [4.69, 9.17) is 16.1 Å². The smallest absolute Gasteiger partial charge is 0.145 e. The van der Waals surface area contributed by atoms with Crippen LogP contribution in [0.4, 0.5) is 0 Å². The Morgan fingerprint density at radius 2 is 1.81 bits per heavy atom. The van der Waals surface area contributed by atoms with Gasteiger partial charge in [-0.15, -0.1) is 0 Å². The van der Waals surface area contributed by atoms with Crippen molar-refractivity contribution in [3.05, 3.63) is 106 Å². The minimum Gasteiger partial charge on any atom is -0.396 e. The maximum atomic E-state index is 13.1. The van der Waals surface area contributed by atoms with Gasteiger partial charge in [0.15, 0.2) is 0 Å². The molecule has 7 N–H and O–H groups in total. The highest BCUT2D eigenvalue weighted by Gasteiger charge is 2.68. The third-order valence-electron chi connectivity index (χ3n) is 18.7. The first-order chi connectivity index (χ1) is 33.9. The predicted molar refractivity (Wildman–Crippen MR) is 280 cm³/mol. The summed E-state index contributed by atoms with van der Waals surface area (Å²) >= 11 is 0. The Morgan fingerprint density at radius 3 is 2.53 bits per heavy atom. The normalized spacial score (nSPS) is 34.0. The summed E-state index contributed by atoms with van der Waals surface area (Å²) in [6, 6.07) is 9.58. The van der Waals surface area contributed by atoms with Crippen molar-refractivity contribution in [3.63, 3.8) is 0 Å². The van der Waals surface area contributed by atoms with Gasteiger partial charge < -0.3 is 45.6 Å². The summed E-state index contributed by atoms with van der Waals surface area (Å²) in [6.07, 6.45) is 29.3. The Morgan fingerprint density at radius 1 is 1.04 bits per heavy atom. The first-order valence-corrected chi connectivity index (χ1v) is 27.3. The van der Waals surface area contributed by atoms with Crippen LogP contribution in [0.5, 0.6) is 0 Å². The summed E-state index contributed by atoms with van der Waals surface area (Å²) in [7, 11) is 3.71. The fraction of sp³-hybridized carbons (Fsp3) is 0.683. The third kappa shape index (κ3) is 11.4. The van der Waals surface area contributed by atoms with Crippen molar-refractivity contribution in [1.29, 1.82) is 0 Å². The van der Waals surface area contributed by atoms with Crippen LogP contribution in [-0.4, -0.2) is 115 Å². The minimum absolute atomic E-state index is 0.0435. The highest BCUT2D eigenvalue weighted by molar-refractivity contribution is 5.74. The molecule has 4 bridgehead atoms. The number of aldehydes is 1. The third-order valence-corrected chi connectivity index (χ3v) is 18.7. The molecule has 6 aliphatic rings. The number of benzene rings is 1. The van der Waals surface area contributed by atoms with Crippen LogP contribution < -0.4 is 10.6 Å². The van der Waals surface area contributed by atoms with Crippen molar-refractivity contribution in [3.8, 4) is 0 Å². The maximum Gasteiger partial charge on any atom is 0.145 e. The lowest BCUT2D eigenvalue weighted by Crippen LogP contribution is -2.65. The number of ether oxygens (including phenoxy) is 2. The summed E-state index contributed by atoms with van der Waals surface area (Å²) < 4.78 is 11.9. The fourth-order valence-electron chi connectivity index (χ4n) is 15.2. The number of methoxy groups -OCH3 is 1. The summed E-state index contributed by atoms with van der Waals surface area (Å²) in [4.78, 5) is 12.6. The second-order valence-corrected chi connectivity index (χ2v) is 22.7. The van der Waals surface area contributed by atoms with Gasteiger partial charge in [-0.05, 0) is 150 Å². The van der Waals surface area contributed by atoms with Crippen molar-refractivity contribution >= 4 is 6.29 Å². The van der Waals surface area contributed by atoms with Crippen LogP contribution in [0.1, 0.15) is 134 Å². The zero-order chi connectivity index (χ0) is 49.9. The Bertz CT molecular complexity index is 2060. The van der Waals surface area contributed by atoms with Gasteiger partial charge in [0.2, 0.25) is 0 Å². The zero-order valence-electron chi connectivity index (χ0n) is 43.3. The number of fused-ring (bicyclic) bond motifs is 6. The monoisotopic (exact) mass is 967 g/mol. The van der Waals surface area contributed by atoms with E-state index in [0.717, 1.165) is 68.3 Å². The topological polar surface area (TPSA) is 161 Å². The average Bonchev–Trinajstić information content (AvgIpc) is 3.72. The Labute approximate surface area is 420 Å². The van der Waals surface area contributed by atoms with Gasteiger partial charge >= 0.3 is 0 Å². The molecule has 0 radical (unpaired) electrons. The van der Waals surface area contributed by atoms with Crippen molar-refractivity contribution in [2.75, 3.05) is 60.3 Å². The van der Waals surface area contributed by atoms with Crippen molar-refractivity contribution in [1.82, 2.24) is 10.6 Å². The first-order valence-electron chi connectivity index (χ1n) is 27.3. The average molecular weight is 967 g/mol. The lowest BCUT2D eigenvalue weighted by Gasteiger charge is -2.61. The van der Waals surface area contributed by atoms with E-state index in [1.54, 1.807) is 0 Å². The molecule has 7 rings (SSSR count). The summed E-state index contributed by atoms with van der Waals surface area (Å²) in [6.45, 7) is 10.7. The fourth-order valence-corrected chi connectivity index (χ4v) is 15.2. The van der Waals surface area contributed by atoms with Crippen LogP contribution in [-0.2, 0) is 26.1 Å². The number of allylic oxidation sites excluding steroid dienone is 9. The predicted octanol–water partition coefficient (Wildman–Crippen LogP) is 8.57. The largest absolute Gasteiger partial charge is 0.396 e. The van der Waals surface area contributed by atoms with E-state index < -0.39 is 35.7 Å². The molecule has 10 unspecified atom stereocenters. The molecule has 388 valence electrons. The molecule has 1 heterocycles. The molecule has 10 heteroatoms. The molecule has 0 aromatic heterocycles. The molecule has 10 atom stereocenters. The van der Waals surface area contributed by atoms with E-state index in [2.05, 4.69) is 78.3 Å². The minimum atomic E-state index is -1.27. The second kappa shape index (κ2) is 24.8. The molecule has 10 nitrogen and oxygen atoms in total. The molecule has 0 saturated heterocycles. The molecule has 1 aromatic carbocycles. The highest BCUT2D eigenvalue weighted by atomic mass is 16.5. The van der Waals surface area contributed by atoms with E-state index in [0.29, 0.717) is 50.1 Å². The number of carbonyl (C=O) groups excluding carboxylic acids is 1. The standard InChI is InChI=1S/C60H90N2O8/c1-42-20-23-53(57(26-10-7-11-27-57)50-19-13-15-45(34-50)35-58(62-37-42,30-33-69-5)49-17-8-6-9-18-49)43(2)14-12-16-48(40-70-41-51(66)39-65)52-24-28-60(56(52)67)55-46(25-32-63)21-22-47(54(55)44(3)38-64)36-59(60,68)29-31-61-4/h12-16,19-22,34,38,46-47,49,51-53,55-56,61-63,65-68H,2,6-11,17-18,23-33,35-37,39-41H2,1,3-5H3. The Balaban J connectivity index is 1.26. The second-order valence-electron chi connectivity index (χ2n) is 22.7. The number of hydrogen-bond acceptors (Lipinski definition) is 10. The van der Waals surface area contributed by atoms with Crippen molar-refractivity contribution in [2.24, 2.45) is 40.9 Å². The van der Waals surface area contributed by atoms with Crippen LogP contribution in [0.3, 0.4) is 0 Å². The number of aliphatic hydroxyl groups excluding tert-OH is 4. The molecular formula is C60H90N2O8. The maximum absolute atomic E-state index is 13.1. The van der Waals surface area contributed by atoms with Gasteiger partial charge in [0.25, 0.3) is 0 Å². The van der Waals surface area contributed by atoms with Gasteiger partial charge in [-0.1, -0.05) is 123 Å². The molecular weight excluding hydrogens is 877 g/mol. The summed E-state index contributed by atoms with van der Waals surface area (Å²) in [5.74, 6) is -0.329. The highest BCUT2D eigenvalue weighted by Crippen LogP contribution is 2.67. The molecule has 5 aliphatic carbocycles. The lowest BCUT2D eigenvalue weighted by atomic mass is 9.45. The van der Waals surface area contributed by atoms with E-state index in [1.807, 2.05) is 21.1 Å². The van der Waals surface area contributed by atoms with E-state index >= 15 is 0 Å². The van der Waals surface area contributed by atoms with E-state index in [1.165, 1.54) is 68.1 Å². The zero-order valence-corrected chi connectivity index (χ0v) is 43.3. The van der Waals surface area contributed by atoms with Gasteiger partial charge in [0, 0.05) is 55.1 Å². The molecule has 70 heavy (non-hydrogen) atoms. The lowest BCUT2D eigenvalue weighted by molar-refractivity contribution is -0.194. The number of nitrogens with one attached hydrogen (secondary N) is 2. The Kier molecular flexibility index (Phi) is 19.4. The number of hydrogen-bond donors (Lipinski definition) is 7. The first kappa shape index (κ1) is 54.7. The quantitative estimate of drug-likeness (QED) is 0.0310. The summed E-state index contributed by atoms with van der Waals surface area (Å²) in [5, 5.41) is 64.1. The molecule has 2 spiro atoms. The van der Waals surface area contributed by atoms with Gasteiger partial charge in [-0.3, -0.25) is 4.79 Å². The van der Waals surface area contributed by atoms with Crippen LogP contribution in [0.15, 0.2) is 95.2 Å². The van der Waals surface area contributed by atoms with Crippen molar-refractivity contribution in [2.45, 2.75) is 158 Å². The summed E-state index contributed by atoms with van der Waals surface area (Å²) in [5.41, 5.74) is 5.26. The van der Waals surface area contributed by atoms with Gasteiger partial charge in [0.05, 0.1) is 31.5 Å². The SMILES string of the molecule is C=C(C=CC=C(COCC(O)CO)C1CCC2(C1O)C1C(=C(C)C=O)C(C=CC1CCO)CC2(O)CCNC)C1CC=C(C)CNC(CCOC)(C2CCCCC2)Cc2cccc(c2)C12CCCCC2. The molecule has 1 aliphatic heterocycles. The molecule has 0 amide bonds. The van der Waals surface area contributed by atoms with Crippen LogP contribution in [0.2, 0.25) is 0 Å².